The van der Waals surface area contributed by atoms with E-state index >= 15 is 0 Å². The normalized spacial score (nSPS) is 19.6. The maximum absolute atomic E-state index is 11.9. The van der Waals surface area contributed by atoms with E-state index < -0.39 is 15.6 Å². The summed E-state index contributed by atoms with van der Waals surface area (Å²) in [6, 6.07) is 1.54. The van der Waals surface area contributed by atoms with Crippen molar-refractivity contribution in [1.29, 1.82) is 0 Å². The summed E-state index contributed by atoms with van der Waals surface area (Å²) in [5.74, 6) is 0. The molecule has 0 aliphatic heterocycles. The van der Waals surface area contributed by atoms with E-state index in [9.17, 15) is 13.5 Å². The van der Waals surface area contributed by atoms with Crippen molar-refractivity contribution in [3.8, 4) is 0 Å². The van der Waals surface area contributed by atoms with Crippen LogP contribution in [0.1, 0.15) is 25.7 Å². The van der Waals surface area contributed by atoms with Crippen LogP contribution in [-0.2, 0) is 17.1 Å². The highest BCUT2D eigenvalue weighted by atomic mass is 32.2. The highest BCUT2D eigenvalue weighted by Crippen LogP contribution is 2.29. The lowest BCUT2D eigenvalue weighted by atomic mass is 10.0. The zero-order valence-corrected chi connectivity index (χ0v) is 10.7. The van der Waals surface area contributed by atoms with E-state index in [-0.39, 0.29) is 11.4 Å². The third kappa shape index (κ3) is 2.88. The van der Waals surface area contributed by atoms with Gasteiger partial charge in [-0.1, -0.05) is 12.8 Å². The van der Waals surface area contributed by atoms with Crippen LogP contribution in [0, 0.1) is 0 Å². The van der Waals surface area contributed by atoms with E-state index in [1.54, 1.807) is 30.1 Å². The van der Waals surface area contributed by atoms with Gasteiger partial charge in [-0.05, 0) is 18.9 Å². The molecular weight excluding hydrogens is 240 g/mol. The first-order chi connectivity index (χ1) is 7.91. The molecule has 1 aromatic heterocycles. The van der Waals surface area contributed by atoms with Gasteiger partial charge in [0.05, 0.1) is 10.5 Å². The van der Waals surface area contributed by atoms with Gasteiger partial charge in [0.15, 0.2) is 0 Å². The van der Waals surface area contributed by atoms with Crippen molar-refractivity contribution in [3.05, 3.63) is 18.5 Å². The molecule has 1 heterocycles. The first-order valence-corrected chi connectivity index (χ1v) is 7.24. The van der Waals surface area contributed by atoms with Gasteiger partial charge in [-0.2, -0.15) is 0 Å². The number of aryl methyl sites for hydroxylation is 1. The minimum absolute atomic E-state index is 0.101. The quantitative estimate of drug-likeness (QED) is 0.831. The maximum atomic E-state index is 11.9. The lowest BCUT2D eigenvalue weighted by Gasteiger charge is -2.22. The Morgan fingerprint density at radius 3 is 2.65 bits per heavy atom. The van der Waals surface area contributed by atoms with Gasteiger partial charge in [-0.25, -0.2) is 13.1 Å². The Balaban J connectivity index is 2.03. The summed E-state index contributed by atoms with van der Waals surface area (Å²) in [5, 5.41) is 10.1. The Kier molecular flexibility index (Phi) is 3.29. The lowest BCUT2D eigenvalue weighted by molar-refractivity contribution is 0.0532. The van der Waals surface area contributed by atoms with E-state index in [0.717, 1.165) is 12.8 Å². The number of sulfonamides is 1. The Morgan fingerprint density at radius 1 is 1.47 bits per heavy atom. The van der Waals surface area contributed by atoms with Gasteiger partial charge >= 0.3 is 0 Å². The molecule has 1 saturated carbocycles. The molecule has 0 unspecified atom stereocenters. The fourth-order valence-electron chi connectivity index (χ4n) is 2.16. The number of hydrogen-bond donors (Lipinski definition) is 2. The van der Waals surface area contributed by atoms with Crippen LogP contribution >= 0.6 is 0 Å². The molecular formula is C11H18N2O3S. The zero-order valence-electron chi connectivity index (χ0n) is 9.89. The van der Waals surface area contributed by atoms with Crippen LogP contribution in [0.5, 0.6) is 0 Å². The first kappa shape index (κ1) is 12.6. The summed E-state index contributed by atoms with van der Waals surface area (Å²) in [6.07, 6.45) is 6.49. The molecule has 0 amide bonds. The number of rotatable bonds is 4. The molecule has 0 radical (unpaired) electrons. The second-order valence-electron chi connectivity index (χ2n) is 4.77. The van der Waals surface area contributed by atoms with Crippen molar-refractivity contribution in [3.63, 3.8) is 0 Å². The van der Waals surface area contributed by atoms with Crippen molar-refractivity contribution in [2.75, 3.05) is 6.54 Å². The molecule has 1 aromatic rings. The molecule has 0 spiro atoms. The fraction of sp³-hybridized carbons (Fsp3) is 0.636. The number of aliphatic hydroxyl groups is 1. The average molecular weight is 258 g/mol. The highest BCUT2D eigenvalue weighted by molar-refractivity contribution is 7.89. The van der Waals surface area contributed by atoms with Crippen LogP contribution in [-0.4, -0.2) is 30.2 Å². The highest BCUT2D eigenvalue weighted by Gasteiger charge is 2.32. The molecule has 0 bridgehead atoms. The van der Waals surface area contributed by atoms with Gasteiger partial charge in [0.1, 0.15) is 0 Å². The maximum Gasteiger partial charge on any atom is 0.242 e. The average Bonchev–Trinajstić information content (AvgIpc) is 2.86. The molecule has 2 N–H and O–H groups in total. The standard InChI is InChI=1S/C11H18N2O3S/c1-13-7-4-10(8-13)17(15,16)12-9-11(14)5-2-3-6-11/h4,7-8,12,14H,2-3,5-6,9H2,1H3. The molecule has 1 fully saturated rings. The number of nitrogens with one attached hydrogen (secondary N) is 1. The third-order valence-electron chi connectivity index (χ3n) is 3.24. The molecule has 0 aromatic carbocycles. The Bertz CT molecular complexity index is 487. The fourth-order valence-corrected chi connectivity index (χ4v) is 3.33. The zero-order chi connectivity index (χ0) is 12.5. The molecule has 0 atom stereocenters. The van der Waals surface area contributed by atoms with E-state index in [1.807, 2.05) is 0 Å². The number of aromatic nitrogens is 1. The molecule has 5 nitrogen and oxygen atoms in total. The lowest BCUT2D eigenvalue weighted by Crippen LogP contribution is -2.40. The van der Waals surface area contributed by atoms with E-state index in [2.05, 4.69) is 4.72 Å². The van der Waals surface area contributed by atoms with Crippen molar-refractivity contribution in [2.45, 2.75) is 36.2 Å². The monoisotopic (exact) mass is 258 g/mol. The summed E-state index contributed by atoms with van der Waals surface area (Å²) >= 11 is 0. The summed E-state index contributed by atoms with van der Waals surface area (Å²) in [4.78, 5) is 0.238. The Hall–Kier alpha value is -0.850. The molecule has 0 saturated heterocycles. The minimum Gasteiger partial charge on any atom is -0.389 e. The smallest absolute Gasteiger partial charge is 0.242 e. The Labute approximate surface area is 102 Å². The second kappa shape index (κ2) is 4.44. The van der Waals surface area contributed by atoms with Gasteiger partial charge in [0.25, 0.3) is 0 Å². The second-order valence-corrected chi connectivity index (χ2v) is 6.54. The molecule has 6 heteroatoms. The van der Waals surface area contributed by atoms with Crippen molar-refractivity contribution < 1.29 is 13.5 Å². The number of hydrogen-bond acceptors (Lipinski definition) is 3. The van der Waals surface area contributed by atoms with Gasteiger partial charge in [0.2, 0.25) is 10.0 Å². The van der Waals surface area contributed by atoms with Gasteiger partial charge in [-0.15, -0.1) is 0 Å². The summed E-state index contributed by atoms with van der Waals surface area (Å²) in [7, 11) is -1.73. The molecule has 1 aliphatic rings. The molecule has 96 valence electrons. The van der Waals surface area contributed by atoms with Crippen molar-refractivity contribution in [1.82, 2.24) is 9.29 Å². The third-order valence-corrected chi connectivity index (χ3v) is 4.63. The van der Waals surface area contributed by atoms with Gasteiger partial charge < -0.3 is 9.67 Å². The largest absolute Gasteiger partial charge is 0.389 e. The summed E-state index contributed by atoms with van der Waals surface area (Å²) < 4.78 is 28.0. The predicted molar refractivity (Wildman–Crippen MR) is 64.0 cm³/mol. The number of nitrogens with zero attached hydrogens (tertiary/aromatic N) is 1. The Morgan fingerprint density at radius 2 is 2.12 bits per heavy atom. The molecule has 1 aliphatic carbocycles. The van der Waals surface area contributed by atoms with Gasteiger partial charge in [-0.3, -0.25) is 0 Å². The van der Waals surface area contributed by atoms with Crippen molar-refractivity contribution in [2.24, 2.45) is 7.05 Å². The van der Waals surface area contributed by atoms with Crippen LogP contribution in [0.2, 0.25) is 0 Å². The van der Waals surface area contributed by atoms with Crippen LogP contribution in [0.15, 0.2) is 23.4 Å². The topological polar surface area (TPSA) is 71.3 Å². The van der Waals surface area contributed by atoms with Crippen molar-refractivity contribution >= 4 is 10.0 Å². The predicted octanol–water partition coefficient (Wildman–Crippen LogP) is 0.608. The van der Waals surface area contributed by atoms with Crippen LogP contribution in [0.4, 0.5) is 0 Å². The van der Waals surface area contributed by atoms with E-state index in [1.165, 1.54) is 0 Å². The van der Waals surface area contributed by atoms with Gasteiger partial charge in [0, 0.05) is 26.0 Å². The first-order valence-electron chi connectivity index (χ1n) is 5.75. The van der Waals surface area contributed by atoms with E-state index in [0.29, 0.717) is 12.8 Å². The minimum atomic E-state index is -3.50. The molecule has 17 heavy (non-hydrogen) atoms. The molecule has 2 rings (SSSR count). The van der Waals surface area contributed by atoms with E-state index in [4.69, 9.17) is 0 Å². The van der Waals surface area contributed by atoms with Crippen LogP contribution < -0.4 is 4.72 Å². The summed E-state index contributed by atoms with van der Waals surface area (Å²) in [6.45, 7) is 0.101. The van der Waals surface area contributed by atoms with Crippen LogP contribution in [0.3, 0.4) is 0 Å². The van der Waals surface area contributed by atoms with Crippen LogP contribution in [0.25, 0.3) is 0 Å². The SMILES string of the molecule is Cn1ccc(S(=O)(=O)NCC2(O)CCCC2)c1. The summed E-state index contributed by atoms with van der Waals surface area (Å²) in [5.41, 5.74) is -0.859.